The van der Waals surface area contributed by atoms with Gasteiger partial charge in [-0.3, -0.25) is 4.79 Å². The minimum absolute atomic E-state index is 0.0178. The van der Waals surface area contributed by atoms with Crippen LogP contribution in [0.4, 0.5) is 0 Å². The van der Waals surface area contributed by atoms with Crippen molar-refractivity contribution in [2.45, 2.75) is 44.9 Å². The first kappa shape index (κ1) is 9.44. The van der Waals surface area contributed by atoms with Gasteiger partial charge in [0.25, 0.3) is 0 Å². The summed E-state index contributed by atoms with van der Waals surface area (Å²) in [5.41, 5.74) is 0.463. The molecule has 0 saturated heterocycles. The number of ketones is 1. The van der Waals surface area contributed by atoms with Crippen LogP contribution in [0.3, 0.4) is 0 Å². The van der Waals surface area contributed by atoms with E-state index in [0.717, 1.165) is 5.76 Å². The first-order valence-corrected chi connectivity index (χ1v) is 5.25. The number of rotatable bonds is 2. The number of Topliss-reactive ketones (excluding diaryl/α,β-unsaturated/α-hetero) is 1. The molecule has 1 fully saturated rings. The molecule has 2 rings (SSSR count). The van der Waals surface area contributed by atoms with Crippen molar-refractivity contribution in [1.29, 1.82) is 0 Å². The van der Waals surface area contributed by atoms with Crippen LogP contribution in [0.25, 0.3) is 0 Å². The Balaban J connectivity index is 2.11. The van der Waals surface area contributed by atoms with Crippen LogP contribution in [0.2, 0.25) is 0 Å². The molecule has 1 aliphatic carbocycles. The molecule has 0 N–H and O–H groups in total. The summed E-state index contributed by atoms with van der Waals surface area (Å²) in [6, 6.07) is 1.80. The molecule has 0 aromatic carbocycles. The van der Waals surface area contributed by atoms with E-state index in [0.29, 0.717) is 11.6 Å². The predicted molar refractivity (Wildman–Crippen MR) is 52.3 cm³/mol. The van der Waals surface area contributed by atoms with Gasteiger partial charge in [0.1, 0.15) is 11.5 Å². The maximum atomic E-state index is 11.0. The van der Waals surface area contributed by atoms with Gasteiger partial charge in [0.2, 0.25) is 0 Å². The molecule has 0 atom stereocenters. The summed E-state index contributed by atoms with van der Waals surface area (Å²) in [6.07, 6.45) is 6.20. The molecule has 1 aromatic heterocycles. The average molecular weight is 193 g/mol. The van der Waals surface area contributed by atoms with Crippen molar-refractivity contribution >= 4 is 5.78 Å². The number of carbonyl (C=O) groups is 1. The molecule has 0 amide bonds. The molecule has 3 heteroatoms. The van der Waals surface area contributed by atoms with Crippen molar-refractivity contribution in [3.05, 3.63) is 17.5 Å². The molecule has 0 radical (unpaired) electrons. The zero-order valence-electron chi connectivity index (χ0n) is 8.45. The van der Waals surface area contributed by atoms with E-state index in [1.807, 2.05) is 0 Å². The molecule has 1 heterocycles. The maximum absolute atomic E-state index is 11.0. The van der Waals surface area contributed by atoms with Gasteiger partial charge >= 0.3 is 0 Å². The van der Waals surface area contributed by atoms with E-state index < -0.39 is 0 Å². The van der Waals surface area contributed by atoms with E-state index in [1.54, 1.807) is 6.07 Å². The van der Waals surface area contributed by atoms with E-state index in [9.17, 15) is 4.79 Å². The molecule has 76 valence electrons. The van der Waals surface area contributed by atoms with E-state index in [2.05, 4.69) is 5.16 Å². The molecule has 0 unspecified atom stereocenters. The summed E-state index contributed by atoms with van der Waals surface area (Å²) in [5, 5.41) is 3.77. The molecular weight excluding hydrogens is 178 g/mol. The van der Waals surface area contributed by atoms with Crippen LogP contribution in [-0.2, 0) is 0 Å². The van der Waals surface area contributed by atoms with Crippen LogP contribution in [0.5, 0.6) is 0 Å². The summed E-state index contributed by atoms with van der Waals surface area (Å²) in [6.45, 7) is 1.52. The highest BCUT2D eigenvalue weighted by Crippen LogP contribution is 2.32. The highest BCUT2D eigenvalue weighted by atomic mass is 16.5. The fourth-order valence-electron chi connectivity index (χ4n) is 2.03. The topological polar surface area (TPSA) is 43.1 Å². The Hall–Kier alpha value is -1.12. The second-order valence-corrected chi connectivity index (χ2v) is 4.01. The minimum Gasteiger partial charge on any atom is -0.360 e. The Bertz CT molecular complexity index is 324. The van der Waals surface area contributed by atoms with Crippen LogP contribution in [0, 0.1) is 0 Å². The second-order valence-electron chi connectivity index (χ2n) is 4.01. The lowest BCUT2D eigenvalue weighted by atomic mass is 9.87. The third-order valence-corrected chi connectivity index (χ3v) is 2.90. The summed E-state index contributed by atoms with van der Waals surface area (Å²) in [7, 11) is 0. The van der Waals surface area contributed by atoms with Crippen molar-refractivity contribution < 1.29 is 9.32 Å². The van der Waals surface area contributed by atoms with Crippen LogP contribution in [0.15, 0.2) is 10.6 Å². The highest BCUT2D eigenvalue weighted by Gasteiger charge is 2.20. The second kappa shape index (κ2) is 3.95. The highest BCUT2D eigenvalue weighted by molar-refractivity contribution is 5.91. The number of aromatic nitrogens is 1. The quantitative estimate of drug-likeness (QED) is 0.678. The smallest absolute Gasteiger partial charge is 0.181 e. The largest absolute Gasteiger partial charge is 0.360 e. The Kier molecular flexibility index (Phi) is 2.66. The van der Waals surface area contributed by atoms with Gasteiger partial charge in [-0.05, 0) is 12.8 Å². The Morgan fingerprint density at radius 1 is 1.43 bits per heavy atom. The molecule has 1 aromatic rings. The average Bonchev–Trinajstić information content (AvgIpc) is 2.68. The van der Waals surface area contributed by atoms with Crippen molar-refractivity contribution in [3.63, 3.8) is 0 Å². The van der Waals surface area contributed by atoms with E-state index >= 15 is 0 Å². The van der Waals surface area contributed by atoms with Gasteiger partial charge in [0.15, 0.2) is 5.78 Å². The summed E-state index contributed by atoms with van der Waals surface area (Å²) in [4.78, 5) is 11.0. The Morgan fingerprint density at radius 3 is 2.71 bits per heavy atom. The van der Waals surface area contributed by atoms with Gasteiger partial charge in [-0.1, -0.05) is 24.4 Å². The van der Waals surface area contributed by atoms with Gasteiger partial charge in [-0.25, -0.2) is 0 Å². The van der Waals surface area contributed by atoms with Crippen molar-refractivity contribution in [2.75, 3.05) is 0 Å². The van der Waals surface area contributed by atoms with E-state index in [4.69, 9.17) is 4.52 Å². The van der Waals surface area contributed by atoms with Gasteiger partial charge in [-0.15, -0.1) is 0 Å². The van der Waals surface area contributed by atoms with Crippen LogP contribution >= 0.6 is 0 Å². The fraction of sp³-hybridized carbons (Fsp3) is 0.636. The van der Waals surface area contributed by atoms with Crippen molar-refractivity contribution in [1.82, 2.24) is 5.16 Å². The third kappa shape index (κ3) is 1.86. The summed E-state index contributed by atoms with van der Waals surface area (Å²) < 4.78 is 5.19. The standard InChI is InChI=1S/C11H15NO2/c1-8(13)10-7-11(14-12-10)9-5-3-2-4-6-9/h7,9H,2-6H2,1H3. The SMILES string of the molecule is CC(=O)c1cc(C2CCCCC2)on1. The van der Waals surface area contributed by atoms with Crippen LogP contribution in [0.1, 0.15) is 61.2 Å². The zero-order valence-corrected chi connectivity index (χ0v) is 8.45. The zero-order chi connectivity index (χ0) is 9.97. The lowest BCUT2D eigenvalue weighted by Gasteiger charge is -2.18. The van der Waals surface area contributed by atoms with Crippen LogP contribution < -0.4 is 0 Å². The molecule has 14 heavy (non-hydrogen) atoms. The van der Waals surface area contributed by atoms with Crippen LogP contribution in [-0.4, -0.2) is 10.9 Å². The predicted octanol–water partition coefficient (Wildman–Crippen LogP) is 2.92. The molecule has 0 spiro atoms. The molecule has 0 bridgehead atoms. The van der Waals surface area contributed by atoms with Gasteiger partial charge in [0, 0.05) is 18.9 Å². The normalized spacial score (nSPS) is 18.4. The Labute approximate surface area is 83.5 Å². The number of nitrogens with zero attached hydrogens (tertiary/aromatic N) is 1. The maximum Gasteiger partial charge on any atom is 0.181 e. The number of carbonyl (C=O) groups excluding carboxylic acids is 1. The number of hydrogen-bond donors (Lipinski definition) is 0. The van der Waals surface area contributed by atoms with Crippen molar-refractivity contribution in [2.24, 2.45) is 0 Å². The van der Waals surface area contributed by atoms with Gasteiger partial charge in [-0.2, -0.15) is 0 Å². The monoisotopic (exact) mass is 193 g/mol. The molecule has 1 aliphatic rings. The summed E-state index contributed by atoms with van der Waals surface area (Å²) in [5.74, 6) is 1.37. The fourth-order valence-corrected chi connectivity index (χ4v) is 2.03. The number of hydrogen-bond acceptors (Lipinski definition) is 3. The van der Waals surface area contributed by atoms with Crippen molar-refractivity contribution in [3.8, 4) is 0 Å². The molecular formula is C11H15NO2. The summed E-state index contributed by atoms with van der Waals surface area (Å²) >= 11 is 0. The molecule has 1 saturated carbocycles. The molecule has 3 nitrogen and oxygen atoms in total. The van der Waals surface area contributed by atoms with E-state index in [1.165, 1.54) is 39.0 Å². The first-order chi connectivity index (χ1) is 6.77. The first-order valence-electron chi connectivity index (χ1n) is 5.25. The lowest BCUT2D eigenvalue weighted by molar-refractivity contribution is 0.100. The minimum atomic E-state index is -0.0178. The third-order valence-electron chi connectivity index (χ3n) is 2.90. The van der Waals surface area contributed by atoms with Gasteiger partial charge in [0.05, 0.1) is 0 Å². The Morgan fingerprint density at radius 2 is 2.14 bits per heavy atom. The van der Waals surface area contributed by atoms with Gasteiger partial charge < -0.3 is 4.52 Å². The molecule has 0 aliphatic heterocycles. The van der Waals surface area contributed by atoms with E-state index in [-0.39, 0.29) is 5.78 Å². The lowest BCUT2D eigenvalue weighted by Crippen LogP contribution is -2.03.